The second-order valence-corrected chi connectivity index (χ2v) is 8.83. The summed E-state index contributed by atoms with van der Waals surface area (Å²) in [6.45, 7) is 0.517. The highest BCUT2D eigenvalue weighted by Gasteiger charge is 2.53. The Morgan fingerprint density at radius 2 is 2.00 bits per heavy atom. The molecule has 2 N–H and O–H groups in total. The number of hydrogen-bond donors (Lipinski definition) is 1. The van der Waals surface area contributed by atoms with Crippen molar-refractivity contribution < 1.29 is 27.4 Å². The molecule has 2 aliphatic heterocycles. The molecule has 4 aliphatic rings. The number of rotatable bonds is 4. The average Bonchev–Trinajstić information content (AvgIpc) is 3.59. The quantitative estimate of drug-likeness (QED) is 0.780. The van der Waals surface area contributed by atoms with Gasteiger partial charge in [0.15, 0.2) is 5.96 Å². The predicted molar refractivity (Wildman–Crippen MR) is 108 cm³/mol. The van der Waals surface area contributed by atoms with Crippen LogP contribution in [0.5, 0.6) is 5.75 Å². The van der Waals surface area contributed by atoms with Crippen LogP contribution in [-0.4, -0.2) is 49.6 Å². The molecule has 6 nitrogen and oxygen atoms in total. The highest BCUT2D eigenvalue weighted by Crippen LogP contribution is 2.45. The third-order valence-corrected chi connectivity index (χ3v) is 6.15. The number of nitrogens with two attached hydrogens (primary N) is 1. The maximum absolute atomic E-state index is 14.8. The van der Waals surface area contributed by atoms with Crippen molar-refractivity contribution in [2.75, 3.05) is 26.9 Å². The molecule has 1 saturated heterocycles. The lowest BCUT2D eigenvalue weighted by Gasteiger charge is -2.45. The van der Waals surface area contributed by atoms with Crippen molar-refractivity contribution in [3.05, 3.63) is 29.6 Å². The molecule has 0 radical (unpaired) electrons. The van der Waals surface area contributed by atoms with Crippen LogP contribution in [0, 0.1) is 17.7 Å². The van der Waals surface area contributed by atoms with Crippen LogP contribution in [-0.2, 0) is 15.1 Å². The van der Waals surface area contributed by atoms with Gasteiger partial charge in [0.25, 0.3) is 0 Å². The Bertz CT molecular complexity index is 866. The first-order chi connectivity index (χ1) is 14.7. The zero-order valence-electron chi connectivity index (χ0n) is 17.6. The summed E-state index contributed by atoms with van der Waals surface area (Å²) in [5.41, 5.74) is 4.81. The standard InChI is InChI=1S/C19H22F3N3O3.C3H6/c1-25-16(26)13-4-5-27-10-19(13,24-17(25)23)14-6-12(2-3-15(14)20)28-9-11-7-18(21,22)8-11;1-2-3-1/h2-3,6,11,13H,4-5,7-10H2,1H3,(H2,23,24);1-3H2. The van der Waals surface area contributed by atoms with Crippen molar-refractivity contribution in [3.8, 4) is 5.75 Å². The number of alkyl halides is 2. The Morgan fingerprint density at radius 3 is 2.65 bits per heavy atom. The zero-order valence-corrected chi connectivity index (χ0v) is 17.6. The monoisotopic (exact) mass is 439 g/mol. The summed E-state index contributed by atoms with van der Waals surface area (Å²) in [6, 6.07) is 4.15. The SMILES string of the molecule is C1CC1.CN1C(=O)C2CCOCC2(c2cc(OCC3CC(F)(F)C3)ccc2F)N=C1N. The zero-order chi connectivity index (χ0) is 22.2. The van der Waals surface area contributed by atoms with Crippen LogP contribution >= 0.6 is 0 Å². The van der Waals surface area contributed by atoms with Gasteiger partial charge in [-0.1, -0.05) is 19.3 Å². The van der Waals surface area contributed by atoms with E-state index in [2.05, 4.69) is 4.99 Å². The van der Waals surface area contributed by atoms with Crippen molar-refractivity contribution >= 4 is 11.9 Å². The van der Waals surface area contributed by atoms with E-state index < -0.39 is 23.2 Å². The summed E-state index contributed by atoms with van der Waals surface area (Å²) in [7, 11) is 1.53. The third-order valence-electron chi connectivity index (χ3n) is 6.15. The minimum Gasteiger partial charge on any atom is -0.493 e. The van der Waals surface area contributed by atoms with Gasteiger partial charge in [0.05, 0.1) is 19.1 Å². The first-order valence-corrected chi connectivity index (χ1v) is 10.7. The summed E-state index contributed by atoms with van der Waals surface area (Å²) < 4.78 is 51.9. The van der Waals surface area contributed by atoms with Gasteiger partial charge in [-0.15, -0.1) is 0 Å². The fraction of sp³-hybridized carbons (Fsp3) is 0.636. The number of amides is 1. The molecule has 1 aromatic rings. The van der Waals surface area contributed by atoms with Crippen LogP contribution < -0.4 is 10.5 Å². The van der Waals surface area contributed by atoms with Gasteiger partial charge in [0.1, 0.15) is 17.1 Å². The van der Waals surface area contributed by atoms with Crippen molar-refractivity contribution in [1.82, 2.24) is 4.90 Å². The van der Waals surface area contributed by atoms with Crippen LogP contribution in [0.25, 0.3) is 0 Å². The van der Waals surface area contributed by atoms with Crippen molar-refractivity contribution in [2.45, 2.75) is 50.0 Å². The fourth-order valence-corrected chi connectivity index (χ4v) is 4.20. The molecule has 5 rings (SSSR count). The second-order valence-electron chi connectivity index (χ2n) is 8.83. The smallest absolute Gasteiger partial charge is 0.248 e. The number of aliphatic imine (C=N–C) groups is 1. The molecule has 2 aliphatic carbocycles. The molecule has 170 valence electrons. The lowest BCUT2D eigenvalue weighted by Crippen LogP contribution is -2.58. The molecule has 3 fully saturated rings. The fourth-order valence-electron chi connectivity index (χ4n) is 4.20. The number of fused-ring (bicyclic) bond motifs is 1. The van der Waals surface area contributed by atoms with Crippen molar-refractivity contribution in [2.24, 2.45) is 22.6 Å². The summed E-state index contributed by atoms with van der Waals surface area (Å²) in [4.78, 5) is 18.5. The number of halogens is 3. The number of benzene rings is 1. The molecular formula is C22H28F3N3O3. The van der Waals surface area contributed by atoms with E-state index in [0.717, 1.165) is 0 Å². The Kier molecular flexibility index (Phi) is 5.89. The molecule has 2 atom stereocenters. The van der Waals surface area contributed by atoms with Gasteiger partial charge in [-0.05, 0) is 24.6 Å². The summed E-state index contributed by atoms with van der Waals surface area (Å²) in [5, 5.41) is 0. The number of carbonyl (C=O) groups is 1. The summed E-state index contributed by atoms with van der Waals surface area (Å²) in [5.74, 6) is -3.90. The Labute approximate surface area is 179 Å². The number of ether oxygens (including phenoxy) is 2. The number of guanidine groups is 1. The lowest BCUT2D eigenvalue weighted by atomic mass is 9.74. The van der Waals surface area contributed by atoms with E-state index in [0.29, 0.717) is 18.8 Å². The lowest BCUT2D eigenvalue weighted by molar-refractivity contribution is -0.140. The van der Waals surface area contributed by atoms with Gasteiger partial charge in [-0.3, -0.25) is 9.69 Å². The highest BCUT2D eigenvalue weighted by molar-refractivity contribution is 6.00. The van der Waals surface area contributed by atoms with Gasteiger partial charge in [0, 0.05) is 38.0 Å². The normalized spacial score (nSPS) is 29.2. The largest absolute Gasteiger partial charge is 0.493 e. The van der Waals surface area contributed by atoms with Gasteiger partial charge >= 0.3 is 0 Å². The maximum atomic E-state index is 14.8. The van der Waals surface area contributed by atoms with E-state index in [1.54, 1.807) is 0 Å². The van der Waals surface area contributed by atoms with Gasteiger partial charge in [-0.2, -0.15) is 0 Å². The molecule has 1 aromatic carbocycles. The molecule has 2 saturated carbocycles. The molecule has 31 heavy (non-hydrogen) atoms. The van der Waals surface area contributed by atoms with E-state index >= 15 is 0 Å². The van der Waals surface area contributed by atoms with Crippen LogP contribution in [0.3, 0.4) is 0 Å². The Balaban J connectivity index is 0.000000710. The van der Waals surface area contributed by atoms with Crippen LogP contribution in [0.1, 0.15) is 44.1 Å². The number of hydrogen-bond acceptors (Lipinski definition) is 5. The van der Waals surface area contributed by atoms with Crippen molar-refractivity contribution in [3.63, 3.8) is 0 Å². The molecule has 9 heteroatoms. The molecule has 0 aromatic heterocycles. The topological polar surface area (TPSA) is 77.2 Å². The second kappa shape index (κ2) is 8.33. The van der Waals surface area contributed by atoms with E-state index in [1.165, 1.54) is 49.4 Å². The molecule has 2 heterocycles. The van der Waals surface area contributed by atoms with E-state index in [-0.39, 0.29) is 49.4 Å². The van der Waals surface area contributed by atoms with Crippen LogP contribution in [0.15, 0.2) is 23.2 Å². The van der Waals surface area contributed by atoms with Gasteiger partial charge < -0.3 is 15.2 Å². The van der Waals surface area contributed by atoms with Crippen molar-refractivity contribution in [1.29, 1.82) is 0 Å². The minimum absolute atomic E-state index is 0.00540. The minimum atomic E-state index is -2.62. The Morgan fingerprint density at radius 1 is 1.29 bits per heavy atom. The first kappa shape index (κ1) is 21.9. The molecule has 1 amide bonds. The van der Waals surface area contributed by atoms with E-state index in [1.807, 2.05) is 0 Å². The summed E-state index contributed by atoms with van der Waals surface area (Å²) in [6.07, 6.45) is 4.48. The number of carbonyl (C=O) groups excluding carboxylic acids is 1. The van der Waals surface area contributed by atoms with Crippen LogP contribution in [0.2, 0.25) is 0 Å². The van der Waals surface area contributed by atoms with Gasteiger partial charge in [0.2, 0.25) is 11.8 Å². The summed E-state index contributed by atoms with van der Waals surface area (Å²) >= 11 is 0. The molecule has 0 spiro atoms. The van der Waals surface area contributed by atoms with E-state index in [9.17, 15) is 18.0 Å². The average molecular weight is 439 g/mol. The highest BCUT2D eigenvalue weighted by atomic mass is 19.3. The predicted octanol–water partition coefficient (Wildman–Crippen LogP) is 3.44. The number of nitrogens with zero attached hydrogens (tertiary/aromatic N) is 2. The molecule has 2 unspecified atom stereocenters. The first-order valence-electron chi connectivity index (χ1n) is 10.7. The molecular weight excluding hydrogens is 411 g/mol. The maximum Gasteiger partial charge on any atom is 0.248 e. The van der Waals surface area contributed by atoms with E-state index in [4.69, 9.17) is 15.2 Å². The van der Waals surface area contributed by atoms with Crippen LogP contribution in [0.4, 0.5) is 13.2 Å². The Hall–Kier alpha value is -2.29. The van der Waals surface area contributed by atoms with Gasteiger partial charge in [-0.25, -0.2) is 18.2 Å². The molecule has 0 bridgehead atoms. The third kappa shape index (κ3) is 4.51.